The largest absolute Gasteiger partial charge is 0.481 e. The Bertz CT molecular complexity index is 1480. The van der Waals surface area contributed by atoms with E-state index in [1.807, 2.05) is 87.5 Å². The lowest BCUT2D eigenvalue weighted by atomic mass is 9.90. The van der Waals surface area contributed by atoms with E-state index >= 15 is 0 Å². The average molecular weight is 560 g/mol. The number of carboxylic acids is 1. The first-order valence-corrected chi connectivity index (χ1v) is 14.4. The quantitative estimate of drug-likeness (QED) is 0.192. The summed E-state index contributed by atoms with van der Waals surface area (Å²) in [5, 5.41) is 21.8. The first kappa shape index (κ1) is 28.9. The molecule has 0 aliphatic carbocycles. The third-order valence-corrected chi connectivity index (χ3v) is 8.32. The Balaban J connectivity index is 1.57. The Kier molecular flexibility index (Phi) is 9.49. The van der Waals surface area contributed by atoms with Crippen LogP contribution in [0, 0.1) is 0 Å². The molecule has 202 valence electrons. The molecular formula is C33H34ClNO3S. The summed E-state index contributed by atoms with van der Waals surface area (Å²) in [5.41, 5.74) is 5.01. The van der Waals surface area contributed by atoms with Crippen LogP contribution in [0.15, 0.2) is 78.9 Å². The van der Waals surface area contributed by atoms with E-state index < -0.39 is 11.6 Å². The molecule has 39 heavy (non-hydrogen) atoms. The summed E-state index contributed by atoms with van der Waals surface area (Å²) in [5.74, 6) is -0.790. The van der Waals surface area contributed by atoms with E-state index in [0.29, 0.717) is 5.02 Å². The monoisotopic (exact) mass is 559 g/mol. The molecule has 0 bridgehead atoms. The molecule has 0 saturated heterocycles. The van der Waals surface area contributed by atoms with Crippen LogP contribution in [0.2, 0.25) is 5.02 Å². The van der Waals surface area contributed by atoms with Crippen LogP contribution in [0.3, 0.4) is 0 Å². The van der Waals surface area contributed by atoms with Gasteiger partial charge in [0.25, 0.3) is 0 Å². The van der Waals surface area contributed by atoms with Crippen LogP contribution in [0.25, 0.3) is 23.1 Å². The van der Waals surface area contributed by atoms with E-state index in [9.17, 15) is 15.0 Å². The number of halogens is 1. The summed E-state index contributed by atoms with van der Waals surface area (Å²) in [7, 11) is 0. The average Bonchev–Trinajstić information content (AvgIpc) is 2.89. The Hall–Kier alpha value is -3.12. The van der Waals surface area contributed by atoms with E-state index in [0.717, 1.165) is 51.7 Å². The topological polar surface area (TPSA) is 70.4 Å². The molecule has 0 radical (unpaired) electrons. The van der Waals surface area contributed by atoms with Crippen LogP contribution in [0.1, 0.15) is 66.8 Å². The number of thioether (sulfide) groups is 1. The standard InChI is InChI=1S/C33H34ClNO3S/c1-22(19-32(36)37)39-31(18-14-24-8-4-5-10-29(24)33(2,3)38)26-9-6-7-23(20-26)11-16-28-17-13-25-12-15-27(34)21-30(25)35-28/h4-13,15-17,20-22,31,38H,14,18-19H2,1-3H3,(H,36,37)/t22?,31-/m1/s1. The van der Waals surface area contributed by atoms with E-state index in [2.05, 4.69) is 24.3 Å². The predicted molar refractivity (Wildman–Crippen MR) is 164 cm³/mol. The Morgan fingerprint density at radius 1 is 1.03 bits per heavy atom. The molecule has 2 N–H and O–H groups in total. The van der Waals surface area contributed by atoms with Crippen LogP contribution in [0.4, 0.5) is 0 Å². The van der Waals surface area contributed by atoms with E-state index in [1.54, 1.807) is 11.8 Å². The lowest BCUT2D eigenvalue weighted by Gasteiger charge is -2.24. The number of carbonyl (C=O) groups is 1. The maximum atomic E-state index is 11.4. The highest BCUT2D eigenvalue weighted by Crippen LogP contribution is 2.38. The number of nitrogens with zero attached hydrogens (tertiary/aromatic N) is 1. The van der Waals surface area contributed by atoms with Crippen molar-refractivity contribution in [3.63, 3.8) is 0 Å². The molecule has 0 aliphatic rings. The van der Waals surface area contributed by atoms with Crippen LogP contribution in [0.5, 0.6) is 0 Å². The summed E-state index contributed by atoms with van der Waals surface area (Å²) < 4.78 is 0. The number of carboxylic acid groups (broad SMARTS) is 1. The highest BCUT2D eigenvalue weighted by atomic mass is 35.5. The zero-order valence-electron chi connectivity index (χ0n) is 22.5. The first-order valence-electron chi connectivity index (χ1n) is 13.1. The predicted octanol–water partition coefficient (Wildman–Crippen LogP) is 8.56. The number of aromatic nitrogens is 1. The molecule has 4 nitrogen and oxygen atoms in total. The van der Waals surface area contributed by atoms with Gasteiger partial charge in [0.2, 0.25) is 0 Å². The van der Waals surface area contributed by atoms with Crippen molar-refractivity contribution in [1.82, 2.24) is 4.98 Å². The Labute approximate surface area is 239 Å². The molecule has 3 aromatic carbocycles. The normalized spacial score (nSPS) is 13.6. The minimum absolute atomic E-state index is 0.0372. The van der Waals surface area contributed by atoms with Crippen molar-refractivity contribution >= 4 is 52.4 Å². The highest BCUT2D eigenvalue weighted by Gasteiger charge is 2.22. The van der Waals surface area contributed by atoms with Gasteiger partial charge in [-0.2, -0.15) is 11.8 Å². The fraction of sp³-hybridized carbons (Fsp3) is 0.273. The van der Waals surface area contributed by atoms with Gasteiger partial charge in [-0.15, -0.1) is 0 Å². The number of benzene rings is 3. The van der Waals surface area contributed by atoms with Gasteiger partial charge in [0.05, 0.1) is 23.2 Å². The molecule has 0 spiro atoms. The lowest BCUT2D eigenvalue weighted by molar-refractivity contribution is -0.136. The first-order chi connectivity index (χ1) is 18.6. The summed E-state index contributed by atoms with van der Waals surface area (Å²) in [6.07, 6.45) is 5.75. The molecule has 1 heterocycles. The molecule has 0 saturated carbocycles. The SMILES string of the molecule is CC(CC(=O)O)S[C@H](CCc1ccccc1C(C)(C)O)c1cccc(C=Cc2ccc3ccc(Cl)cc3n2)c1. The number of hydrogen-bond acceptors (Lipinski definition) is 4. The molecular weight excluding hydrogens is 526 g/mol. The van der Waals surface area contributed by atoms with E-state index in [1.165, 1.54) is 0 Å². The minimum atomic E-state index is -0.928. The zero-order chi connectivity index (χ0) is 28.0. The molecule has 0 aliphatic heterocycles. The summed E-state index contributed by atoms with van der Waals surface area (Å²) in [6.45, 7) is 5.58. The van der Waals surface area contributed by atoms with Crippen LogP contribution in [-0.4, -0.2) is 26.4 Å². The number of pyridine rings is 1. The van der Waals surface area contributed by atoms with Crippen molar-refractivity contribution in [2.75, 3.05) is 0 Å². The van der Waals surface area contributed by atoms with Crippen molar-refractivity contribution in [3.05, 3.63) is 112 Å². The van der Waals surface area contributed by atoms with Gasteiger partial charge in [0.1, 0.15) is 0 Å². The maximum absolute atomic E-state index is 11.4. The number of fused-ring (bicyclic) bond motifs is 1. The molecule has 1 unspecified atom stereocenters. The fourth-order valence-corrected chi connectivity index (χ4v) is 6.28. The van der Waals surface area contributed by atoms with Gasteiger partial charge in [-0.05, 0) is 73.2 Å². The van der Waals surface area contributed by atoms with Crippen molar-refractivity contribution in [3.8, 4) is 0 Å². The smallest absolute Gasteiger partial charge is 0.304 e. The Morgan fingerprint density at radius 3 is 2.56 bits per heavy atom. The lowest BCUT2D eigenvalue weighted by Crippen LogP contribution is -2.18. The molecule has 1 aromatic heterocycles. The van der Waals surface area contributed by atoms with Gasteiger partial charge in [0.15, 0.2) is 0 Å². The van der Waals surface area contributed by atoms with Crippen LogP contribution in [-0.2, 0) is 16.8 Å². The maximum Gasteiger partial charge on any atom is 0.304 e. The molecule has 2 atom stereocenters. The third-order valence-electron chi connectivity index (χ3n) is 6.62. The van der Waals surface area contributed by atoms with E-state index in [4.69, 9.17) is 16.6 Å². The highest BCUT2D eigenvalue weighted by molar-refractivity contribution is 8.00. The molecule has 0 fully saturated rings. The van der Waals surface area contributed by atoms with E-state index in [-0.39, 0.29) is 16.9 Å². The molecule has 4 aromatic rings. The van der Waals surface area contributed by atoms with Gasteiger partial charge in [0, 0.05) is 20.9 Å². The Morgan fingerprint density at radius 2 is 1.79 bits per heavy atom. The van der Waals surface area contributed by atoms with Crippen molar-refractivity contribution in [1.29, 1.82) is 0 Å². The summed E-state index contributed by atoms with van der Waals surface area (Å²) in [6, 6.07) is 26.1. The van der Waals surface area contributed by atoms with Gasteiger partial charge in [-0.1, -0.05) is 85.3 Å². The summed E-state index contributed by atoms with van der Waals surface area (Å²) >= 11 is 7.84. The van der Waals surface area contributed by atoms with Gasteiger partial charge >= 0.3 is 5.97 Å². The van der Waals surface area contributed by atoms with Crippen molar-refractivity contribution in [2.24, 2.45) is 0 Å². The molecule has 0 amide bonds. The summed E-state index contributed by atoms with van der Waals surface area (Å²) in [4.78, 5) is 16.1. The van der Waals surface area contributed by atoms with Crippen LogP contribution >= 0.6 is 23.4 Å². The number of hydrogen-bond donors (Lipinski definition) is 2. The van der Waals surface area contributed by atoms with Gasteiger partial charge < -0.3 is 10.2 Å². The van der Waals surface area contributed by atoms with Gasteiger partial charge in [-0.3, -0.25) is 4.79 Å². The second kappa shape index (κ2) is 12.8. The van der Waals surface area contributed by atoms with Crippen molar-refractivity contribution in [2.45, 2.75) is 56.1 Å². The number of aliphatic carboxylic acids is 1. The number of aliphatic hydroxyl groups is 1. The number of rotatable bonds is 11. The minimum Gasteiger partial charge on any atom is -0.481 e. The fourth-order valence-electron chi connectivity index (χ4n) is 4.75. The van der Waals surface area contributed by atoms with Gasteiger partial charge in [-0.25, -0.2) is 4.98 Å². The third kappa shape index (κ3) is 8.18. The molecule has 4 rings (SSSR count). The second-order valence-corrected chi connectivity index (χ2v) is 12.4. The van der Waals surface area contributed by atoms with Crippen molar-refractivity contribution < 1.29 is 15.0 Å². The molecule has 6 heteroatoms. The second-order valence-electron chi connectivity index (χ2n) is 10.4. The van der Waals surface area contributed by atoms with Crippen LogP contribution < -0.4 is 0 Å². The zero-order valence-corrected chi connectivity index (χ0v) is 24.0. The number of aryl methyl sites for hydroxylation is 1.